The van der Waals surface area contributed by atoms with Crippen molar-refractivity contribution in [1.82, 2.24) is 0 Å². The van der Waals surface area contributed by atoms with E-state index < -0.39 is 18.8 Å². The van der Waals surface area contributed by atoms with Gasteiger partial charge in [0.2, 0.25) is 0 Å². The van der Waals surface area contributed by atoms with E-state index in [0.717, 1.165) is 11.3 Å². The summed E-state index contributed by atoms with van der Waals surface area (Å²) in [5.74, 6) is -0.628. The number of aliphatic carboxylic acids is 1. The highest BCUT2D eigenvalue weighted by atomic mass is 16.5. The summed E-state index contributed by atoms with van der Waals surface area (Å²) in [6, 6.07) is 15.2. The summed E-state index contributed by atoms with van der Waals surface area (Å²) in [5.41, 5.74) is 2.95. The Morgan fingerprint density at radius 3 is 2.57 bits per heavy atom. The van der Waals surface area contributed by atoms with Crippen LogP contribution in [0.25, 0.3) is 0 Å². The number of carboxylic acid groups (broad SMARTS) is 1. The number of anilines is 1. The zero-order valence-corrected chi connectivity index (χ0v) is 16.3. The zero-order chi connectivity index (χ0) is 20.3. The average Bonchev–Trinajstić information content (AvgIpc) is 3.00. The van der Waals surface area contributed by atoms with Crippen molar-refractivity contribution in [3.05, 3.63) is 59.7 Å². The molecule has 1 aliphatic heterocycles. The topological polar surface area (TPSA) is 76.1 Å². The van der Waals surface area contributed by atoms with Gasteiger partial charge in [-0.3, -0.25) is 9.69 Å². The third-order valence-electron chi connectivity index (χ3n) is 4.64. The van der Waals surface area contributed by atoms with Crippen LogP contribution in [0.5, 0.6) is 5.75 Å². The van der Waals surface area contributed by atoms with Crippen molar-refractivity contribution in [3.63, 3.8) is 0 Å². The van der Waals surface area contributed by atoms with Gasteiger partial charge in [0, 0.05) is 12.1 Å². The van der Waals surface area contributed by atoms with Crippen molar-refractivity contribution < 1.29 is 24.2 Å². The number of amides is 1. The molecule has 0 aromatic heterocycles. The zero-order valence-electron chi connectivity index (χ0n) is 16.3. The Hall–Kier alpha value is -2.86. The van der Waals surface area contributed by atoms with Crippen LogP contribution >= 0.6 is 0 Å². The van der Waals surface area contributed by atoms with E-state index in [4.69, 9.17) is 14.6 Å². The summed E-state index contributed by atoms with van der Waals surface area (Å²) in [4.78, 5) is 24.8. The number of nitrogens with zero attached hydrogens (tertiary/aromatic N) is 1. The summed E-state index contributed by atoms with van der Waals surface area (Å²) < 4.78 is 10.9. The van der Waals surface area contributed by atoms with Gasteiger partial charge < -0.3 is 14.6 Å². The molecule has 2 aromatic rings. The fourth-order valence-corrected chi connectivity index (χ4v) is 3.16. The Bertz CT molecular complexity index is 854. The van der Waals surface area contributed by atoms with E-state index in [1.165, 1.54) is 5.56 Å². The standard InChI is InChI=1S/C22H25NO5/c1-22(2,3)16-7-9-17(10-8-16)23-19(24)13-28-20(23)12-15-5-4-6-18(11-15)27-14-21(25)26/h4-11,20H,12-14H2,1-3H3,(H,25,26). The second kappa shape index (κ2) is 8.02. The summed E-state index contributed by atoms with van der Waals surface area (Å²) >= 11 is 0. The highest BCUT2D eigenvalue weighted by molar-refractivity contribution is 5.96. The number of carbonyl (C=O) groups excluding carboxylic acids is 1. The van der Waals surface area contributed by atoms with Crippen molar-refractivity contribution >= 4 is 17.6 Å². The number of benzene rings is 2. The molecule has 0 saturated carbocycles. The van der Waals surface area contributed by atoms with Crippen LogP contribution in [-0.2, 0) is 26.2 Å². The Kier molecular flexibility index (Phi) is 5.70. The minimum Gasteiger partial charge on any atom is -0.482 e. The van der Waals surface area contributed by atoms with Crippen LogP contribution in [0.2, 0.25) is 0 Å². The van der Waals surface area contributed by atoms with E-state index in [-0.39, 0.29) is 17.9 Å². The smallest absolute Gasteiger partial charge is 0.341 e. The Morgan fingerprint density at radius 2 is 1.93 bits per heavy atom. The third-order valence-corrected chi connectivity index (χ3v) is 4.64. The van der Waals surface area contributed by atoms with Crippen LogP contribution in [0.3, 0.4) is 0 Å². The lowest BCUT2D eigenvalue weighted by atomic mass is 9.87. The third kappa shape index (κ3) is 4.70. The van der Waals surface area contributed by atoms with Gasteiger partial charge in [-0.15, -0.1) is 0 Å². The normalized spacial score (nSPS) is 17.0. The molecule has 2 aromatic carbocycles. The number of rotatable bonds is 6. The predicted molar refractivity (Wildman–Crippen MR) is 106 cm³/mol. The highest BCUT2D eigenvalue weighted by Gasteiger charge is 2.33. The van der Waals surface area contributed by atoms with Crippen LogP contribution in [-0.4, -0.2) is 36.4 Å². The molecule has 6 heteroatoms. The summed E-state index contributed by atoms with van der Waals surface area (Å²) in [6.45, 7) is 6.09. The molecule has 148 valence electrons. The largest absolute Gasteiger partial charge is 0.482 e. The van der Waals surface area contributed by atoms with Crippen molar-refractivity contribution in [1.29, 1.82) is 0 Å². The van der Waals surface area contributed by atoms with Gasteiger partial charge in [-0.25, -0.2) is 4.79 Å². The van der Waals surface area contributed by atoms with Gasteiger partial charge in [-0.05, 0) is 40.8 Å². The Balaban J connectivity index is 1.76. The lowest BCUT2D eigenvalue weighted by molar-refractivity contribution is -0.139. The molecular weight excluding hydrogens is 358 g/mol. The first-order chi connectivity index (χ1) is 13.2. The molecular formula is C22H25NO5. The van der Waals surface area contributed by atoms with E-state index in [1.807, 2.05) is 30.3 Å². The maximum Gasteiger partial charge on any atom is 0.341 e. The van der Waals surface area contributed by atoms with Crippen LogP contribution < -0.4 is 9.64 Å². The van der Waals surface area contributed by atoms with E-state index in [0.29, 0.717) is 12.2 Å². The van der Waals surface area contributed by atoms with Crippen molar-refractivity contribution in [2.45, 2.75) is 38.8 Å². The fraction of sp³-hybridized carbons (Fsp3) is 0.364. The minimum absolute atomic E-state index is 0.0415. The van der Waals surface area contributed by atoms with E-state index >= 15 is 0 Å². The van der Waals surface area contributed by atoms with Gasteiger partial charge in [0.25, 0.3) is 5.91 Å². The minimum atomic E-state index is -1.03. The first-order valence-corrected chi connectivity index (χ1v) is 9.22. The summed E-state index contributed by atoms with van der Waals surface area (Å²) in [6.07, 6.45) is 0.0690. The molecule has 1 atom stereocenters. The molecule has 1 N–H and O–H groups in total. The lowest BCUT2D eigenvalue weighted by Crippen LogP contribution is -2.35. The Labute approximate surface area is 164 Å². The van der Waals surface area contributed by atoms with Crippen molar-refractivity contribution in [3.8, 4) is 5.75 Å². The lowest BCUT2D eigenvalue weighted by Gasteiger charge is -2.25. The van der Waals surface area contributed by atoms with Gasteiger partial charge >= 0.3 is 5.97 Å². The molecule has 28 heavy (non-hydrogen) atoms. The average molecular weight is 383 g/mol. The summed E-state index contributed by atoms with van der Waals surface area (Å²) in [5, 5.41) is 8.74. The number of hydrogen-bond donors (Lipinski definition) is 1. The second-order valence-corrected chi connectivity index (χ2v) is 7.86. The maximum absolute atomic E-state index is 12.4. The van der Waals surface area contributed by atoms with Gasteiger partial charge in [0.1, 0.15) is 18.6 Å². The number of hydrogen-bond acceptors (Lipinski definition) is 4. The van der Waals surface area contributed by atoms with Crippen LogP contribution in [0, 0.1) is 0 Å². The van der Waals surface area contributed by atoms with E-state index in [9.17, 15) is 9.59 Å². The molecule has 1 fully saturated rings. The molecule has 6 nitrogen and oxygen atoms in total. The molecule has 3 rings (SSSR count). The van der Waals surface area contributed by atoms with Gasteiger partial charge in [0.15, 0.2) is 6.61 Å². The fourth-order valence-electron chi connectivity index (χ4n) is 3.16. The number of ether oxygens (including phenoxy) is 2. The molecule has 0 spiro atoms. The van der Waals surface area contributed by atoms with Crippen LogP contribution in [0.1, 0.15) is 31.9 Å². The van der Waals surface area contributed by atoms with Crippen molar-refractivity contribution in [2.24, 2.45) is 0 Å². The number of carbonyl (C=O) groups is 2. The van der Waals surface area contributed by atoms with Crippen LogP contribution in [0.15, 0.2) is 48.5 Å². The van der Waals surface area contributed by atoms with Crippen LogP contribution in [0.4, 0.5) is 5.69 Å². The first kappa shape index (κ1) is 19.9. The quantitative estimate of drug-likeness (QED) is 0.828. The Morgan fingerprint density at radius 1 is 1.21 bits per heavy atom. The van der Waals surface area contributed by atoms with Crippen molar-refractivity contribution in [2.75, 3.05) is 18.1 Å². The van der Waals surface area contributed by atoms with Gasteiger partial charge in [0.05, 0.1) is 0 Å². The molecule has 1 heterocycles. The molecule has 1 saturated heterocycles. The maximum atomic E-state index is 12.4. The predicted octanol–water partition coefficient (Wildman–Crippen LogP) is 3.38. The van der Waals surface area contributed by atoms with Gasteiger partial charge in [-0.2, -0.15) is 0 Å². The molecule has 0 radical (unpaired) electrons. The monoisotopic (exact) mass is 383 g/mol. The molecule has 1 unspecified atom stereocenters. The van der Waals surface area contributed by atoms with Gasteiger partial charge in [-0.1, -0.05) is 45.0 Å². The SMILES string of the molecule is CC(C)(C)c1ccc(N2C(=O)COC2Cc2cccc(OCC(=O)O)c2)cc1. The molecule has 1 aliphatic rings. The first-order valence-electron chi connectivity index (χ1n) is 9.22. The molecule has 0 aliphatic carbocycles. The second-order valence-electron chi connectivity index (χ2n) is 7.86. The van der Waals surface area contributed by atoms with E-state index in [1.54, 1.807) is 23.1 Å². The van der Waals surface area contributed by atoms with E-state index in [2.05, 4.69) is 20.8 Å². The summed E-state index contributed by atoms with van der Waals surface area (Å²) in [7, 11) is 0. The number of carboxylic acids is 1. The highest BCUT2D eigenvalue weighted by Crippen LogP contribution is 2.29. The molecule has 0 bridgehead atoms. The molecule has 1 amide bonds.